The first-order chi connectivity index (χ1) is 16.3. The molecule has 0 unspecified atom stereocenters. The lowest BCUT2D eigenvalue weighted by Gasteiger charge is -2.16. The average molecular weight is 477 g/mol. The van der Waals surface area contributed by atoms with Gasteiger partial charge in [0.1, 0.15) is 12.7 Å². The van der Waals surface area contributed by atoms with E-state index in [-0.39, 0.29) is 35.0 Å². The van der Waals surface area contributed by atoms with Crippen LogP contribution < -0.4 is 19.5 Å². The fourth-order valence-electron chi connectivity index (χ4n) is 3.41. The minimum atomic E-state index is -0.874. The van der Waals surface area contributed by atoms with Crippen molar-refractivity contribution in [3.63, 3.8) is 0 Å². The molecule has 4 rings (SSSR count). The number of nitrogens with one attached hydrogen (secondary N) is 1. The van der Waals surface area contributed by atoms with Gasteiger partial charge >= 0.3 is 0 Å². The van der Waals surface area contributed by atoms with Crippen LogP contribution in [0.25, 0.3) is 0 Å². The van der Waals surface area contributed by atoms with E-state index in [9.17, 15) is 8.78 Å². The van der Waals surface area contributed by atoms with E-state index in [1.165, 1.54) is 26.5 Å². The molecular weight excluding hydrogens is 452 g/mol. The predicted octanol–water partition coefficient (Wildman–Crippen LogP) is 3.44. The highest BCUT2D eigenvalue weighted by atomic mass is 19.1. The van der Waals surface area contributed by atoms with E-state index in [2.05, 4.69) is 20.4 Å². The maximum absolute atomic E-state index is 14.5. The average Bonchev–Trinajstić information content (AvgIpc) is 3.39. The molecule has 2 aromatic heterocycles. The number of rotatable bonds is 9. The van der Waals surface area contributed by atoms with E-state index >= 15 is 0 Å². The Kier molecular flexibility index (Phi) is 6.80. The molecule has 1 saturated heterocycles. The number of aromatic nitrogens is 4. The second-order valence-electron chi connectivity index (χ2n) is 7.92. The van der Waals surface area contributed by atoms with Crippen molar-refractivity contribution < 1.29 is 32.5 Å². The summed E-state index contributed by atoms with van der Waals surface area (Å²) in [4.78, 5) is 8.36. The molecule has 3 aromatic rings. The summed E-state index contributed by atoms with van der Waals surface area (Å²) in [6.45, 7) is 4.31. The third kappa shape index (κ3) is 5.34. The first-order valence-electron chi connectivity index (χ1n) is 10.4. The lowest BCUT2D eigenvalue weighted by molar-refractivity contribution is -0.139. The van der Waals surface area contributed by atoms with Gasteiger partial charge in [-0.25, -0.2) is 13.8 Å². The fraction of sp³-hybridized carbons (Fsp3) is 0.409. The zero-order valence-electron chi connectivity index (χ0n) is 19.2. The van der Waals surface area contributed by atoms with Crippen LogP contribution in [0, 0.1) is 11.6 Å². The number of halogens is 2. The molecule has 0 bridgehead atoms. The summed E-state index contributed by atoms with van der Waals surface area (Å²) in [6.07, 6.45) is 4.75. The minimum absolute atomic E-state index is 0.105. The summed E-state index contributed by atoms with van der Waals surface area (Å²) in [5.74, 6) is -2.32. The first-order valence-corrected chi connectivity index (χ1v) is 10.4. The van der Waals surface area contributed by atoms with E-state index in [0.717, 1.165) is 6.07 Å². The minimum Gasteiger partial charge on any atom is -0.494 e. The van der Waals surface area contributed by atoms with E-state index in [1.54, 1.807) is 17.1 Å². The van der Waals surface area contributed by atoms with E-state index < -0.39 is 24.0 Å². The zero-order valence-corrected chi connectivity index (χ0v) is 19.2. The summed E-state index contributed by atoms with van der Waals surface area (Å²) in [6, 6.07) is 2.61. The monoisotopic (exact) mass is 477 g/mol. The third-order valence-corrected chi connectivity index (χ3v) is 5.01. The van der Waals surface area contributed by atoms with Crippen LogP contribution in [0.4, 0.5) is 20.4 Å². The van der Waals surface area contributed by atoms with Gasteiger partial charge in [0, 0.05) is 24.5 Å². The van der Waals surface area contributed by atoms with E-state index in [4.69, 9.17) is 23.7 Å². The predicted molar refractivity (Wildman–Crippen MR) is 116 cm³/mol. The summed E-state index contributed by atoms with van der Waals surface area (Å²) >= 11 is 0. The van der Waals surface area contributed by atoms with Crippen molar-refractivity contribution in [3.8, 4) is 17.4 Å². The number of hydrogen-bond acceptors (Lipinski definition) is 9. The number of benzene rings is 1. The molecule has 1 aromatic carbocycles. The van der Waals surface area contributed by atoms with Crippen molar-refractivity contribution in [2.45, 2.75) is 38.9 Å². The van der Waals surface area contributed by atoms with Gasteiger partial charge in [0.25, 0.3) is 0 Å². The molecule has 0 aliphatic carbocycles. The molecule has 3 heterocycles. The van der Waals surface area contributed by atoms with Gasteiger partial charge in [0.15, 0.2) is 28.9 Å². The van der Waals surface area contributed by atoms with Crippen LogP contribution >= 0.6 is 0 Å². The Morgan fingerprint density at radius 2 is 1.94 bits per heavy atom. The van der Waals surface area contributed by atoms with Gasteiger partial charge in [0.05, 0.1) is 44.8 Å². The van der Waals surface area contributed by atoms with Crippen molar-refractivity contribution in [2.75, 3.05) is 26.1 Å². The summed E-state index contributed by atoms with van der Waals surface area (Å²) in [5, 5.41) is 7.32. The largest absolute Gasteiger partial charge is 0.494 e. The Balaban J connectivity index is 1.40. The molecule has 0 saturated carbocycles. The van der Waals surface area contributed by atoms with Crippen molar-refractivity contribution >= 4 is 11.6 Å². The molecular formula is C22H25F2N5O5. The van der Waals surface area contributed by atoms with E-state index in [0.29, 0.717) is 18.8 Å². The SMILES string of the molecule is COc1cc(OC)c(F)c(COc2ccnc(Nc3cnn(C[C@@H]4COC(C)(C)O4)c3)n2)c1F. The maximum atomic E-state index is 14.5. The Hall–Kier alpha value is -3.51. The van der Waals surface area contributed by atoms with Crippen molar-refractivity contribution in [3.05, 3.63) is 47.9 Å². The number of methoxy groups -OCH3 is 2. The standard InChI is InChI=1S/C22H25F2N5O5/c1-22(2)33-11-14(34-22)10-29-9-13(8-26-29)27-21-25-6-5-18(28-21)32-12-15-19(23)16(30-3)7-17(31-4)20(15)24/h5-9,14H,10-12H2,1-4H3,(H,25,27,28)/t14-/m1/s1. The normalized spacial score (nSPS) is 16.9. The van der Waals surface area contributed by atoms with Gasteiger partial charge in [-0.05, 0) is 13.8 Å². The Labute approximate surface area is 194 Å². The topological polar surface area (TPSA) is 102 Å². The van der Waals surface area contributed by atoms with Crippen LogP contribution in [0.2, 0.25) is 0 Å². The molecule has 182 valence electrons. The molecule has 1 fully saturated rings. The smallest absolute Gasteiger partial charge is 0.230 e. The van der Waals surface area contributed by atoms with Crippen LogP contribution in [0.15, 0.2) is 30.7 Å². The molecule has 0 amide bonds. The molecule has 34 heavy (non-hydrogen) atoms. The van der Waals surface area contributed by atoms with Crippen molar-refractivity contribution in [1.29, 1.82) is 0 Å². The van der Waals surface area contributed by atoms with Gasteiger partial charge in [-0.1, -0.05) is 0 Å². The summed E-state index contributed by atoms with van der Waals surface area (Å²) in [7, 11) is 2.56. The van der Waals surface area contributed by atoms with Gasteiger partial charge in [-0.2, -0.15) is 10.1 Å². The van der Waals surface area contributed by atoms with Gasteiger partial charge in [-0.3, -0.25) is 4.68 Å². The van der Waals surface area contributed by atoms with Crippen molar-refractivity contribution in [2.24, 2.45) is 0 Å². The third-order valence-electron chi connectivity index (χ3n) is 5.01. The molecule has 1 aliphatic heterocycles. The Morgan fingerprint density at radius 1 is 1.21 bits per heavy atom. The highest BCUT2D eigenvalue weighted by molar-refractivity contribution is 5.50. The molecule has 0 radical (unpaired) electrons. The molecule has 12 heteroatoms. The second kappa shape index (κ2) is 9.77. The number of anilines is 2. The number of hydrogen-bond donors (Lipinski definition) is 1. The molecule has 1 aliphatic rings. The number of ether oxygens (including phenoxy) is 5. The van der Waals surface area contributed by atoms with Gasteiger partial charge in [-0.15, -0.1) is 0 Å². The highest BCUT2D eigenvalue weighted by Crippen LogP contribution is 2.32. The van der Waals surface area contributed by atoms with Crippen LogP contribution in [-0.4, -0.2) is 52.5 Å². The molecule has 0 spiro atoms. The van der Waals surface area contributed by atoms with Gasteiger partial charge in [0.2, 0.25) is 11.8 Å². The van der Waals surface area contributed by atoms with Crippen LogP contribution in [0.1, 0.15) is 19.4 Å². The fourth-order valence-corrected chi connectivity index (χ4v) is 3.41. The van der Waals surface area contributed by atoms with E-state index in [1.807, 2.05) is 13.8 Å². The van der Waals surface area contributed by atoms with Gasteiger partial charge < -0.3 is 29.0 Å². The van der Waals surface area contributed by atoms with Crippen LogP contribution in [0.5, 0.6) is 17.4 Å². The second-order valence-corrected chi connectivity index (χ2v) is 7.92. The maximum Gasteiger partial charge on any atom is 0.230 e. The summed E-state index contributed by atoms with van der Waals surface area (Å²) in [5.41, 5.74) is 0.303. The lowest BCUT2D eigenvalue weighted by Crippen LogP contribution is -2.24. The number of nitrogens with zero attached hydrogens (tertiary/aromatic N) is 4. The van der Waals surface area contributed by atoms with Crippen molar-refractivity contribution in [1.82, 2.24) is 19.7 Å². The highest BCUT2D eigenvalue weighted by Gasteiger charge is 2.32. The Morgan fingerprint density at radius 3 is 2.59 bits per heavy atom. The summed E-state index contributed by atoms with van der Waals surface area (Å²) < 4.78 is 57.5. The Bertz CT molecular complexity index is 1130. The van der Waals surface area contributed by atoms with Crippen LogP contribution in [-0.2, 0) is 22.6 Å². The first kappa shape index (κ1) is 23.6. The van der Waals surface area contributed by atoms with Crippen LogP contribution in [0.3, 0.4) is 0 Å². The molecule has 1 atom stereocenters. The lowest BCUT2D eigenvalue weighted by atomic mass is 10.1. The quantitative estimate of drug-likeness (QED) is 0.497. The molecule has 10 nitrogen and oxygen atoms in total. The zero-order chi connectivity index (χ0) is 24.3. The molecule has 1 N–H and O–H groups in total.